The van der Waals surface area contributed by atoms with Gasteiger partial charge >= 0.3 is 0 Å². The third-order valence-electron chi connectivity index (χ3n) is 4.51. The lowest BCUT2D eigenvalue weighted by Crippen LogP contribution is -2.15. The van der Waals surface area contributed by atoms with E-state index in [1.54, 1.807) is 19.1 Å². The lowest BCUT2D eigenvalue weighted by atomic mass is 9.99. The highest BCUT2D eigenvalue weighted by Crippen LogP contribution is 2.18. The predicted octanol–water partition coefficient (Wildman–Crippen LogP) is 5.07. The Hall–Kier alpha value is -3.40. The number of anilines is 2. The van der Waals surface area contributed by atoms with Crippen molar-refractivity contribution in [1.82, 2.24) is 0 Å². The molecule has 0 aromatic heterocycles. The van der Waals surface area contributed by atoms with E-state index in [4.69, 9.17) is 0 Å². The minimum Gasteiger partial charge on any atom is -0.326 e. The Balaban J connectivity index is 1.71. The number of carbonyl (C=O) groups excluding carboxylic acids is 2. The Morgan fingerprint density at radius 3 is 2.18 bits per heavy atom. The van der Waals surface area contributed by atoms with E-state index in [1.807, 2.05) is 54.6 Å². The summed E-state index contributed by atoms with van der Waals surface area (Å²) in [7, 11) is 0. The highest BCUT2D eigenvalue weighted by Gasteiger charge is 2.12. The van der Waals surface area contributed by atoms with Crippen LogP contribution in [0.5, 0.6) is 0 Å². The summed E-state index contributed by atoms with van der Waals surface area (Å²) < 4.78 is 0. The van der Waals surface area contributed by atoms with E-state index in [0.717, 1.165) is 18.4 Å². The molecule has 0 aliphatic carbocycles. The first-order valence-corrected chi connectivity index (χ1v) is 9.49. The van der Waals surface area contributed by atoms with Crippen molar-refractivity contribution in [2.45, 2.75) is 26.2 Å². The quantitative estimate of drug-likeness (QED) is 0.608. The van der Waals surface area contributed by atoms with Crippen LogP contribution in [-0.2, 0) is 17.6 Å². The van der Waals surface area contributed by atoms with Crippen molar-refractivity contribution < 1.29 is 9.59 Å². The van der Waals surface area contributed by atoms with Gasteiger partial charge in [0.2, 0.25) is 5.91 Å². The fourth-order valence-electron chi connectivity index (χ4n) is 3.01. The summed E-state index contributed by atoms with van der Waals surface area (Å²) in [6.07, 6.45) is 2.08. The topological polar surface area (TPSA) is 58.2 Å². The molecule has 0 bridgehead atoms. The molecule has 0 saturated carbocycles. The van der Waals surface area contributed by atoms with Gasteiger partial charge < -0.3 is 10.6 Å². The number of hydrogen-bond acceptors (Lipinski definition) is 2. The van der Waals surface area contributed by atoms with Gasteiger partial charge in [-0.3, -0.25) is 9.59 Å². The molecule has 0 unspecified atom stereocenters. The van der Waals surface area contributed by atoms with Gasteiger partial charge in [-0.1, -0.05) is 61.5 Å². The van der Waals surface area contributed by atoms with Crippen LogP contribution in [0.15, 0.2) is 78.9 Å². The maximum atomic E-state index is 12.8. The lowest BCUT2D eigenvalue weighted by molar-refractivity contribution is -0.115. The molecule has 0 aliphatic heterocycles. The first-order valence-electron chi connectivity index (χ1n) is 9.49. The smallest absolute Gasteiger partial charge is 0.255 e. The van der Waals surface area contributed by atoms with Gasteiger partial charge in [0.1, 0.15) is 0 Å². The molecule has 0 atom stereocenters. The highest BCUT2D eigenvalue weighted by molar-refractivity contribution is 6.05. The molecule has 0 heterocycles. The molecule has 0 saturated heterocycles. The summed E-state index contributed by atoms with van der Waals surface area (Å²) in [5, 5.41) is 5.74. The molecule has 0 aliphatic rings. The summed E-state index contributed by atoms with van der Waals surface area (Å²) in [5.74, 6) is -0.211. The second-order valence-corrected chi connectivity index (χ2v) is 6.58. The van der Waals surface area contributed by atoms with E-state index in [2.05, 4.69) is 22.8 Å². The number of nitrogens with one attached hydrogen (secondary N) is 2. The van der Waals surface area contributed by atoms with Gasteiger partial charge in [-0.15, -0.1) is 0 Å². The Bertz CT molecular complexity index is 952. The van der Waals surface area contributed by atoms with Crippen LogP contribution in [0, 0.1) is 0 Å². The second kappa shape index (κ2) is 9.51. The number of rotatable bonds is 7. The van der Waals surface area contributed by atoms with Gasteiger partial charge in [0, 0.05) is 23.4 Å². The van der Waals surface area contributed by atoms with Crippen molar-refractivity contribution >= 4 is 23.2 Å². The fraction of sp³-hybridized carbons (Fsp3) is 0.167. The van der Waals surface area contributed by atoms with E-state index in [0.29, 0.717) is 23.4 Å². The van der Waals surface area contributed by atoms with Gasteiger partial charge in [-0.05, 0) is 48.2 Å². The van der Waals surface area contributed by atoms with Crippen LogP contribution in [0.1, 0.15) is 34.8 Å². The summed E-state index contributed by atoms with van der Waals surface area (Å²) in [5.41, 5.74) is 4.25. The lowest BCUT2D eigenvalue weighted by Gasteiger charge is -2.11. The third kappa shape index (κ3) is 5.30. The Morgan fingerprint density at radius 2 is 1.43 bits per heavy atom. The molecule has 0 spiro atoms. The Kier molecular flexibility index (Phi) is 6.58. The van der Waals surface area contributed by atoms with Crippen LogP contribution in [0.2, 0.25) is 0 Å². The summed E-state index contributed by atoms with van der Waals surface area (Å²) in [4.78, 5) is 24.4. The molecule has 2 amide bonds. The van der Waals surface area contributed by atoms with Gasteiger partial charge in [-0.2, -0.15) is 0 Å². The van der Waals surface area contributed by atoms with E-state index in [-0.39, 0.29) is 11.8 Å². The number of hydrogen-bond donors (Lipinski definition) is 2. The van der Waals surface area contributed by atoms with Crippen LogP contribution in [-0.4, -0.2) is 11.8 Å². The molecule has 142 valence electrons. The monoisotopic (exact) mass is 372 g/mol. The van der Waals surface area contributed by atoms with Crippen LogP contribution in [0.3, 0.4) is 0 Å². The molecule has 3 aromatic rings. The maximum Gasteiger partial charge on any atom is 0.255 e. The molecule has 4 heteroatoms. The molecule has 0 fully saturated rings. The van der Waals surface area contributed by atoms with Crippen molar-refractivity contribution in [3.63, 3.8) is 0 Å². The van der Waals surface area contributed by atoms with Crippen LogP contribution < -0.4 is 10.6 Å². The average Bonchev–Trinajstić information content (AvgIpc) is 2.73. The molecule has 0 radical (unpaired) electrons. The standard InChI is InChI=1S/C24H24N2O2/c1-2-23(27)25-20-12-8-13-21(17-20)26-24(28)22-14-7-6-11-19(22)16-15-18-9-4-3-5-10-18/h3-14,17H,2,15-16H2,1H3,(H,25,27)(H,26,28). The van der Waals surface area contributed by atoms with Crippen LogP contribution in [0.25, 0.3) is 0 Å². The number of aryl methyl sites for hydroxylation is 2. The van der Waals surface area contributed by atoms with Gasteiger partial charge in [0.25, 0.3) is 5.91 Å². The Morgan fingerprint density at radius 1 is 0.750 bits per heavy atom. The number of carbonyl (C=O) groups is 2. The van der Waals surface area contributed by atoms with Crippen molar-refractivity contribution in [3.05, 3.63) is 95.6 Å². The maximum absolute atomic E-state index is 12.8. The summed E-state index contributed by atoms with van der Waals surface area (Å²) in [6.45, 7) is 1.80. The van der Waals surface area contributed by atoms with E-state index < -0.39 is 0 Å². The van der Waals surface area contributed by atoms with E-state index in [1.165, 1.54) is 5.56 Å². The zero-order valence-electron chi connectivity index (χ0n) is 15.9. The molecule has 4 nitrogen and oxygen atoms in total. The van der Waals surface area contributed by atoms with Crippen LogP contribution >= 0.6 is 0 Å². The van der Waals surface area contributed by atoms with Crippen molar-refractivity contribution in [3.8, 4) is 0 Å². The third-order valence-corrected chi connectivity index (χ3v) is 4.51. The van der Waals surface area contributed by atoms with Gasteiger partial charge in [0.05, 0.1) is 0 Å². The second-order valence-electron chi connectivity index (χ2n) is 6.58. The molecular formula is C24H24N2O2. The van der Waals surface area contributed by atoms with Gasteiger partial charge in [-0.25, -0.2) is 0 Å². The zero-order valence-corrected chi connectivity index (χ0v) is 15.9. The molecule has 2 N–H and O–H groups in total. The van der Waals surface area contributed by atoms with Crippen LogP contribution in [0.4, 0.5) is 11.4 Å². The minimum atomic E-state index is -0.150. The first kappa shape index (κ1) is 19.4. The minimum absolute atomic E-state index is 0.0604. The molecule has 3 aromatic carbocycles. The normalized spacial score (nSPS) is 10.3. The molecular weight excluding hydrogens is 348 g/mol. The van der Waals surface area contributed by atoms with E-state index >= 15 is 0 Å². The first-order chi connectivity index (χ1) is 13.7. The zero-order chi connectivity index (χ0) is 19.8. The molecule has 28 heavy (non-hydrogen) atoms. The fourth-order valence-corrected chi connectivity index (χ4v) is 3.01. The van der Waals surface area contributed by atoms with Crippen molar-refractivity contribution in [1.29, 1.82) is 0 Å². The summed E-state index contributed by atoms with van der Waals surface area (Å²) in [6, 6.07) is 25.1. The van der Waals surface area contributed by atoms with E-state index in [9.17, 15) is 9.59 Å². The van der Waals surface area contributed by atoms with Gasteiger partial charge in [0.15, 0.2) is 0 Å². The number of benzene rings is 3. The summed E-state index contributed by atoms with van der Waals surface area (Å²) >= 11 is 0. The largest absolute Gasteiger partial charge is 0.326 e. The highest BCUT2D eigenvalue weighted by atomic mass is 16.2. The SMILES string of the molecule is CCC(=O)Nc1cccc(NC(=O)c2ccccc2CCc2ccccc2)c1. The number of amides is 2. The average molecular weight is 372 g/mol. The van der Waals surface area contributed by atoms with Crippen molar-refractivity contribution in [2.24, 2.45) is 0 Å². The Labute approximate surface area is 165 Å². The molecule has 3 rings (SSSR count). The predicted molar refractivity (Wildman–Crippen MR) is 114 cm³/mol. The van der Waals surface area contributed by atoms with Crippen molar-refractivity contribution in [2.75, 3.05) is 10.6 Å².